The Labute approximate surface area is 109 Å². The van der Waals surface area contributed by atoms with Gasteiger partial charge < -0.3 is 0 Å². The normalized spacial score (nSPS) is 26.2. The highest BCUT2D eigenvalue weighted by atomic mass is 35.5. The molecule has 1 fully saturated rings. The van der Waals surface area contributed by atoms with Crippen molar-refractivity contribution in [2.45, 2.75) is 64.8 Å². The van der Waals surface area contributed by atoms with E-state index in [0.717, 1.165) is 11.7 Å². The lowest BCUT2D eigenvalue weighted by Gasteiger charge is -2.30. The number of hydrogen-bond acceptors (Lipinski definition) is 2. The first-order valence-corrected chi connectivity index (χ1v) is 6.88. The van der Waals surface area contributed by atoms with Crippen molar-refractivity contribution in [1.82, 2.24) is 14.8 Å². The predicted molar refractivity (Wildman–Crippen MR) is 70.4 cm³/mol. The summed E-state index contributed by atoms with van der Waals surface area (Å²) in [6.45, 7) is 8.81. The summed E-state index contributed by atoms with van der Waals surface area (Å²) >= 11 is 6.21. The predicted octanol–water partition coefficient (Wildman–Crippen LogP) is 3.98. The molecule has 0 radical (unpaired) electrons. The zero-order valence-corrected chi connectivity index (χ0v) is 12.0. The molecule has 0 spiro atoms. The van der Waals surface area contributed by atoms with Crippen LogP contribution in [0.2, 0.25) is 5.28 Å². The highest BCUT2D eigenvalue weighted by Crippen LogP contribution is 2.36. The lowest BCUT2D eigenvalue weighted by atomic mass is 9.86. The smallest absolute Gasteiger partial charge is 0.225 e. The largest absolute Gasteiger partial charge is 0.298 e. The fourth-order valence-electron chi connectivity index (χ4n) is 2.61. The monoisotopic (exact) mass is 255 g/mol. The van der Waals surface area contributed by atoms with Gasteiger partial charge in [-0.15, -0.1) is 10.2 Å². The Kier molecular flexibility index (Phi) is 3.48. The van der Waals surface area contributed by atoms with Crippen LogP contribution in [0.25, 0.3) is 0 Å². The first kappa shape index (κ1) is 12.9. The minimum absolute atomic E-state index is 0.00318. The van der Waals surface area contributed by atoms with Crippen molar-refractivity contribution in [3.63, 3.8) is 0 Å². The summed E-state index contributed by atoms with van der Waals surface area (Å²) in [5.41, 5.74) is 0.00318. The van der Waals surface area contributed by atoms with Crippen molar-refractivity contribution in [1.29, 1.82) is 0 Å². The molecule has 1 aliphatic carbocycles. The lowest BCUT2D eigenvalue weighted by Crippen LogP contribution is -2.24. The number of halogens is 1. The van der Waals surface area contributed by atoms with Crippen molar-refractivity contribution in [2.24, 2.45) is 5.92 Å². The van der Waals surface area contributed by atoms with Gasteiger partial charge in [-0.3, -0.25) is 4.57 Å². The highest BCUT2D eigenvalue weighted by Gasteiger charge is 2.29. The Morgan fingerprint density at radius 3 is 2.24 bits per heavy atom. The molecule has 1 aromatic rings. The first-order valence-electron chi connectivity index (χ1n) is 6.50. The number of aromatic nitrogens is 3. The Hall–Kier alpha value is -0.570. The molecule has 17 heavy (non-hydrogen) atoms. The van der Waals surface area contributed by atoms with E-state index in [1.54, 1.807) is 0 Å². The number of rotatable bonds is 1. The van der Waals surface area contributed by atoms with E-state index in [0.29, 0.717) is 11.3 Å². The Morgan fingerprint density at radius 2 is 1.71 bits per heavy atom. The van der Waals surface area contributed by atoms with Crippen LogP contribution in [-0.2, 0) is 5.41 Å². The first-order chi connectivity index (χ1) is 7.89. The van der Waals surface area contributed by atoms with Crippen molar-refractivity contribution in [3.8, 4) is 0 Å². The molecule has 1 aliphatic rings. The van der Waals surface area contributed by atoms with Crippen LogP contribution < -0.4 is 0 Å². The molecule has 0 amide bonds. The quantitative estimate of drug-likeness (QED) is 0.760. The Balaban J connectivity index is 2.28. The molecule has 0 bridgehead atoms. The molecule has 0 aromatic carbocycles. The maximum absolute atomic E-state index is 6.21. The van der Waals surface area contributed by atoms with Gasteiger partial charge in [-0.25, -0.2) is 0 Å². The molecule has 0 atom stereocenters. The molecule has 0 unspecified atom stereocenters. The van der Waals surface area contributed by atoms with Crippen LogP contribution >= 0.6 is 11.6 Å². The highest BCUT2D eigenvalue weighted by molar-refractivity contribution is 6.28. The summed E-state index contributed by atoms with van der Waals surface area (Å²) in [4.78, 5) is 0. The molecule has 1 aromatic heterocycles. The van der Waals surface area contributed by atoms with Gasteiger partial charge in [-0.2, -0.15) is 0 Å². The van der Waals surface area contributed by atoms with E-state index in [1.807, 2.05) is 0 Å². The van der Waals surface area contributed by atoms with Gasteiger partial charge in [0.25, 0.3) is 0 Å². The van der Waals surface area contributed by atoms with Crippen LogP contribution in [0, 0.1) is 5.92 Å². The standard InChI is InChI=1S/C13H22ClN3/c1-9-5-7-10(8-6-9)17-11(13(2,3)4)15-16-12(17)14/h9-10H,5-8H2,1-4H3. The molecule has 0 N–H and O–H groups in total. The summed E-state index contributed by atoms with van der Waals surface area (Å²) < 4.78 is 2.16. The number of hydrogen-bond donors (Lipinski definition) is 0. The van der Waals surface area contributed by atoms with E-state index in [9.17, 15) is 0 Å². The summed E-state index contributed by atoms with van der Waals surface area (Å²) in [5.74, 6) is 1.86. The molecular formula is C13H22ClN3. The lowest BCUT2D eigenvalue weighted by molar-refractivity contribution is 0.277. The van der Waals surface area contributed by atoms with Gasteiger partial charge in [0.1, 0.15) is 5.82 Å². The van der Waals surface area contributed by atoms with E-state index in [1.165, 1.54) is 25.7 Å². The molecule has 1 heterocycles. The average molecular weight is 256 g/mol. The molecular weight excluding hydrogens is 234 g/mol. The van der Waals surface area contributed by atoms with Gasteiger partial charge in [-0.05, 0) is 43.2 Å². The fourth-order valence-corrected chi connectivity index (χ4v) is 2.86. The second-order valence-electron chi connectivity index (χ2n) is 6.33. The van der Waals surface area contributed by atoms with Crippen molar-refractivity contribution in [3.05, 3.63) is 11.1 Å². The van der Waals surface area contributed by atoms with Crippen LogP contribution in [0.4, 0.5) is 0 Å². The third-order valence-electron chi connectivity index (χ3n) is 3.68. The van der Waals surface area contributed by atoms with Crippen molar-refractivity contribution < 1.29 is 0 Å². The zero-order valence-electron chi connectivity index (χ0n) is 11.2. The Bertz CT molecular complexity index is 384. The summed E-state index contributed by atoms with van der Waals surface area (Å²) in [7, 11) is 0. The third kappa shape index (κ3) is 2.65. The zero-order chi connectivity index (χ0) is 12.6. The van der Waals surface area contributed by atoms with Crippen LogP contribution in [-0.4, -0.2) is 14.8 Å². The van der Waals surface area contributed by atoms with E-state index < -0.39 is 0 Å². The Morgan fingerprint density at radius 1 is 1.12 bits per heavy atom. The maximum Gasteiger partial charge on any atom is 0.225 e. The van der Waals surface area contributed by atoms with E-state index in [4.69, 9.17) is 11.6 Å². The molecule has 0 saturated heterocycles. The average Bonchev–Trinajstić information content (AvgIpc) is 2.61. The van der Waals surface area contributed by atoms with Gasteiger partial charge in [-0.1, -0.05) is 27.7 Å². The molecule has 3 nitrogen and oxygen atoms in total. The summed E-state index contributed by atoms with van der Waals surface area (Å²) in [6.07, 6.45) is 4.95. The van der Waals surface area contributed by atoms with Gasteiger partial charge in [0, 0.05) is 11.5 Å². The molecule has 0 aliphatic heterocycles. The molecule has 2 rings (SSSR count). The number of nitrogens with zero attached hydrogens (tertiary/aromatic N) is 3. The van der Waals surface area contributed by atoms with Gasteiger partial charge in [0.2, 0.25) is 5.28 Å². The van der Waals surface area contributed by atoms with E-state index >= 15 is 0 Å². The van der Waals surface area contributed by atoms with Crippen LogP contribution in [0.3, 0.4) is 0 Å². The van der Waals surface area contributed by atoms with Gasteiger partial charge in [0.15, 0.2) is 0 Å². The van der Waals surface area contributed by atoms with Crippen molar-refractivity contribution >= 4 is 11.6 Å². The van der Waals surface area contributed by atoms with Gasteiger partial charge in [0.05, 0.1) is 0 Å². The van der Waals surface area contributed by atoms with E-state index in [-0.39, 0.29) is 5.41 Å². The SMILES string of the molecule is CC1CCC(n2c(Cl)nnc2C(C)(C)C)CC1. The minimum Gasteiger partial charge on any atom is -0.298 e. The topological polar surface area (TPSA) is 30.7 Å². The molecule has 1 saturated carbocycles. The maximum atomic E-state index is 6.21. The van der Waals surface area contributed by atoms with Crippen LogP contribution in [0.15, 0.2) is 0 Å². The third-order valence-corrected chi connectivity index (χ3v) is 3.93. The second kappa shape index (κ2) is 4.60. The van der Waals surface area contributed by atoms with Crippen LogP contribution in [0.1, 0.15) is 65.2 Å². The fraction of sp³-hybridized carbons (Fsp3) is 0.846. The summed E-state index contributed by atoms with van der Waals surface area (Å²) in [6, 6.07) is 0.489. The minimum atomic E-state index is 0.00318. The second-order valence-corrected chi connectivity index (χ2v) is 6.66. The molecule has 96 valence electrons. The van der Waals surface area contributed by atoms with Gasteiger partial charge >= 0.3 is 0 Å². The van der Waals surface area contributed by atoms with E-state index in [2.05, 4.69) is 42.5 Å². The summed E-state index contributed by atoms with van der Waals surface area (Å²) in [5, 5.41) is 8.87. The molecule has 4 heteroatoms. The van der Waals surface area contributed by atoms with Crippen molar-refractivity contribution in [2.75, 3.05) is 0 Å². The van der Waals surface area contributed by atoms with Crippen LogP contribution in [0.5, 0.6) is 0 Å².